The molecule has 6 nitrogen and oxygen atoms in total. The maximum atomic E-state index is 12.1. The molecule has 0 aliphatic rings. The van der Waals surface area contributed by atoms with Gasteiger partial charge < -0.3 is 14.6 Å². The number of carboxylic acid groups (broad SMARTS) is 1. The Morgan fingerprint density at radius 3 is 2.27 bits per heavy atom. The molecule has 1 rings (SSSR count). The van der Waals surface area contributed by atoms with Gasteiger partial charge in [-0.3, -0.25) is 9.59 Å². The van der Waals surface area contributed by atoms with Crippen LogP contribution in [-0.4, -0.2) is 36.2 Å². The van der Waals surface area contributed by atoms with Crippen molar-refractivity contribution in [1.82, 2.24) is 0 Å². The van der Waals surface area contributed by atoms with E-state index >= 15 is 0 Å². The molecule has 0 unspecified atom stereocenters. The van der Waals surface area contributed by atoms with Gasteiger partial charge in [-0.05, 0) is 31.4 Å². The van der Waals surface area contributed by atoms with Gasteiger partial charge in [-0.25, -0.2) is 4.79 Å². The molecule has 0 atom stereocenters. The minimum atomic E-state index is -1.03. The molecule has 0 aromatic heterocycles. The van der Waals surface area contributed by atoms with Crippen molar-refractivity contribution in [1.29, 1.82) is 0 Å². The topological polar surface area (TPSA) is 89.9 Å². The van der Waals surface area contributed by atoms with E-state index in [9.17, 15) is 14.4 Å². The monoisotopic (exact) mass is 308 g/mol. The minimum Gasteiger partial charge on any atom is -0.481 e. The Bertz CT molecular complexity index is 550. The van der Waals surface area contributed by atoms with Crippen molar-refractivity contribution in [2.24, 2.45) is 0 Å². The first-order valence-electron chi connectivity index (χ1n) is 7.14. The molecular weight excluding hydrogens is 288 g/mol. The molecule has 0 aliphatic heterocycles. The summed E-state index contributed by atoms with van der Waals surface area (Å²) in [5.41, 5.74) is 1.20. The van der Waals surface area contributed by atoms with Gasteiger partial charge in [0.1, 0.15) is 0 Å². The average Bonchev–Trinajstić information content (AvgIpc) is 2.45. The van der Waals surface area contributed by atoms with E-state index < -0.39 is 11.9 Å². The molecule has 0 saturated carbocycles. The molecule has 1 N–H and O–H groups in total. The van der Waals surface area contributed by atoms with Crippen molar-refractivity contribution >= 4 is 17.9 Å². The van der Waals surface area contributed by atoms with Crippen LogP contribution in [0.15, 0.2) is 18.2 Å². The highest BCUT2D eigenvalue weighted by atomic mass is 16.5. The summed E-state index contributed by atoms with van der Waals surface area (Å²) in [5, 5.41) is 8.96. The molecular formula is C16H20O6. The van der Waals surface area contributed by atoms with Gasteiger partial charge in [0.15, 0.2) is 0 Å². The molecule has 0 fully saturated rings. The maximum Gasteiger partial charge on any atom is 0.338 e. The van der Waals surface area contributed by atoms with Crippen LogP contribution in [0.3, 0.4) is 0 Å². The Labute approximate surface area is 129 Å². The van der Waals surface area contributed by atoms with Crippen molar-refractivity contribution in [3.05, 3.63) is 34.9 Å². The van der Waals surface area contributed by atoms with Crippen molar-refractivity contribution in [3.8, 4) is 0 Å². The Kier molecular flexibility index (Phi) is 7.08. The predicted molar refractivity (Wildman–Crippen MR) is 78.7 cm³/mol. The third kappa shape index (κ3) is 5.20. The van der Waals surface area contributed by atoms with Gasteiger partial charge in [0, 0.05) is 6.42 Å². The number of carbonyl (C=O) groups is 3. The van der Waals surface area contributed by atoms with Crippen molar-refractivity contribution < 1.29 is 29.0 Å². The number of rotatable bonds is 8. The molecule has 0 aliphatic carbocycles. The fourth-order valence-corrected chi connectivity index (χ4v) is 2.11. The van der Waals surface area contributed by atoms with Crippen LogP contribution in [0, 0.1) is 0 Å². The van der Waals surface area contributed by atoms with E-state index in [0.29, 0.717) is 24.2 Å². The normalized spacial score (nSPS) is 10.1. The molecule has 0 spiro atoms. The molecule has 120 valence electrons. The van der Waals surface area contributed by atoms with Gasteiger partial charge >= 0.3 is 17.9 Å². The molecule has 0 saturated heterocycles. The first-order valence-corrected chi connectivity index (χ1v) is 7.14. The van der Waals surface area contributed by atoms with Crippen LogP contribution in [0.1, 0.15) is 41.8 Å². The summed E-state index contributed by atoms with van der Waals surface area (Å²) < 4.78 is 9.85. The molecule has 6 heteroatoms. The molecule has 1 aromatic carbocycles. The number of hydrogen-bond acceptors (Lipinski definition) is 5. The van der Waals surface area contributed by atoms with Crippen LogP contribution < -0.4 is 0 Å². The molecule has 0 radical (unpaired) electrons. The zero-order chi connectivity index (χ0) is 16.5. The van der Waals surface area contributed by atoms with Crippen molar-refractivity contribution in [2.75, 3.05) is 13.2 Å². The first kappa shape index (κ1) is 17.7. The van der Waals surface area contributed by atoms with Crippen molar-refractivity contribution in [2.45, 2.75) is 33.1 Å². The van der Waals surface area contributed by atoms with E-state index in [1.807, 2.05) is 0 Å². The summed E-state index contributed by atoms with van der Waals surface area (Å²) in [6.07, 6.45) is 0.138. The van der Waals surface area contributed by atoms with Crippen LogP contribution in [0.2, 0.25) is 0 Å². The second kappa shape index (κ2) is 8.81. The molecule has 0 heterocycles. The van der Waals surface area contributed by atoms with Gasteiger partial charge in [0.05, 0.1) is 25.2 Å². The number of aryl methyl sites for hydroxylation is 1. The number of aliphatic carboxylic acids is 1. The highest BCUT2D eigenvalue weighted by Gasteiger charge is 2.19. The second-order valence-electron chi connectivity index (χ2n) is 4.55. The van der Waals surface area contributed by atoms with Gasteiger partial charge in [0.2, 0.25) is 0 Å². The molecule has 0 amide bonds. The Balaban J connectivity index is 3.05. The summed E-state index contributed by atoms with van der Waals surface area (Å²) in [7, 11) is 0. The lowest BCUT2D eigenvalue weighted by Gasteiger charge is -2.12. The van der Waals surface area contributed by atoms with E-state index in [-0.39, 0.29) is 31.0 Å². The number of ether oxygens (including phenoxy) is 2. The Hall–Kier alpha value is -2.37. The van der Waals surface area contributed by atoms with E-state index in [0.717, 1.165) is 0 Å². The lowest BCUT2D eigenvalue weighted by molar-refractivity contribution is -0.143. The lowest BCUT2D eigenvalue weighted by Crippen LogP contribution is -2.15. The van der Waals surface area contributed by atoms with Crippen LogP contribution in [0.5, 0.6) is 0 Å². The summed E-state index contributed by atoms with van der Waals surface area (Å²) in [6, 6.07) is 4.94. The fraction of sp³-hybridized carbons (Fsp3) is 0.438. The summed E-state index contributed by atoms with van der Waals surface area (Å²) in [5.74, 6) is -1.97. The van der Waals surface area contributed by atoms with Crippen LogP contribution in [0.25, 0.3) is 0 Å². The molecule has 1 aromatic rings. The fourth-order valence-electron chi connectivity index (χ4n) is 2.11. The van der Waals surface area contributed by atoms with E-state index in [1.165, 1.54) is 0 Å². The predicted octanol–water partition coefficient (Wildman–Crippen LogP) is 1.99. The largest absolute Gasteiger partial charge is 0.481 e. The Morgan fingerprint density at radius 1 is 1.05 bits per heavy atom. The van der Waals surface area contributed by atoms with Gasteiger partial charge in [0.25, 0.3) is 0 Å². The summed E-state index contributed by atoms with van der Waals surface area (Å²) in [6.45, 7) is 3.88. The molecule has 0 bridgehead atoms. The number of esters is 2. The Morgan fingerprint density at radius 2 is 1.68 bits per heavy atom. The van der Waals surface area contributed by atoms with Gasteiger partial charge in [-0.15, -0.1) is 0 Å². The van der Waals surface area contributed by atoms with Crippen LogP contribution in [-0.2, 0) is 31.9 Å². The van der Waals surface area contributed by atoms with E-state index in [2.05, 4.69) is 0 Å². The van der Waals surface area contributed by atoms with E-state index in [1.54, 1.807) is 32.0 Å². The third-order valence-corrected chi connectivity index (χ3v) is 2.96. The van der Waals surface area contributed by atoms with Gasteiger partial charge in [-0.1, -0.05) is 18.2 Å². The average molecular weight is 308 g/mol. The number of benzene rings is 1. The second-order valence-corrected chi connectivity index (χ2v) is 4.55. The van der Waals surface area contributed by atoms with Crippen LogP contribution in [0.4, 0.5) is 0 Å². The van der Waals surface area contributed by atoms with Gasteiger partial charge in [-0.2, -0.15) is 0 Å². The lowest BCUT2D eigenvalue weighted by atomic mass is 9.96. The summed E-state index contributed by atoms with van der Waals surface area (Å²) in [4.78, 5) is 34.5. The highest BCUT2D eigenvalue weighted by molar-refractivity contribution is 5.94. The van der Waals surface area contributed by atoms with Crippen molar-refractivity contribution in [3.63, 3.8) is 0 Å². The zero-order valence-corrected chi connectivity index (χ0v) is 12.8. The number of hydrogen-bond donors (Lipinski definition) is 1. The smallest absolute Gasteiger partial charge is 0.338 e. The highest BCUT2D eigenvalue weighted by Crippen LogP contribution is 2.19. The third-order valence-electron chi connectivity index (χ3n) is 2.96. The standard InChI is InChI=1S/C16H20O6/c1-3-21-14(19)9-8-11-6-5-7-12(10-13(17)18)15(11)16(20)22-4-2/h5-7H,3-4,8-10H2,1-2H3,(H,17,18). The van der Waals surface area contributed by atoms with E-state index in [4.69, 9.17) is 14.6 Å². The zero-order valence-electron chi connectivity index (χ0n) is 12.8. The number of carboxylic acids is 1. The molecule has 22 heavy (non-hydrogen) atoms. The van der Waals surface area contributed by atoms with Crippen LogP contribution >= 0.6 is 0 Å². The summed E-state index contributed by atoms with van der Waals surface area (Å²) >= 11 is 0. The maximum absolute atomic E-state index is 12.1. The minimum absolute atomic E-state index is 0.122. The quantitative estimate of drug-likeness (QED) is 0.739. The number of carbonyl (C=O) groups excluding carboxylic acids is 2. The SMILES string of the molecule is CCOC(=O)CCc1cccc(CC(=O)O)c1C(=O)OCC. The first-order chi connectivity index (χ1) is 10.5.